The SMILES string of the molecule is CS(=O)(=O)c1ccc(CN2CC[C@H](N)C2)cc1.Cl. The highest BCUT2D eigenvalue weighted by molar-refractivity contribution is 7.90. The van der Waals surface area contributed by atoms with Crippen LogP contribution < -0.4 is 5.73 Å². The number of sulfone groups is 1. The lowest BCUT2D eigenvalue weighted by molar-refractivity contribution is 0.327. The molecule has 102 valence electrons. The molecule has 4 nitrogen and oxygen atoms in total. The van der Waals surface area contributed by atoms with E-state index in [1.807, 2.05) is 12.1 Å². The van der Waals surface area contributed by atoms with Gasteiger partial charge >= 0.3 is 0 Å². The number of halogens is 1. The van der Waals surface area contributed by atoms with Gasteiger partial charge in [-0.1, -0.05) is 12.1 Å². The van der Waals surface area contributed by atoms with Gasteiger partial charge in [0.15, 0.2) is 9.84 Å². The van der Waals surface area contributed by atoms with Crippen molar-refractivity contribution in [1.29, 1.82) is 0 Å². The van der Waals surface area contributed by atoms with Crippen LogP contribution in [0.3, 0.4) is 0 Å². The molecule has 2 rings (SSSR count). The number of nitrogens with zero attached hydrogens (tertiary/aromatic N) is 1. The summed E-state index contributed by atoms with van der Waals surface area (Å²) in [5.41, 5.74) is 6.97. The van der Waals surface area contributed by atoms with Gasteiger partial charge in [-0.05, 0) is 24.1 Å². The third-order valence-corrected chi connectivity index (χ3v) is 4.19. The van der Waals surface area contributed by atoms with Crippen molar-refractivity contribution in [3.63, 3.8) is 0 Å². The maximum Gasteiger partial charge on any atom is 0.175 e. The average molecular weight is 291 g/mol. The van der Waals surface area contributed by atoms with E-state index in [0.29, 0.717) is 4.90 Å². The molecule has 0 spiro atoms. The standard InChI is InChI=1S/C12H18N2O2S.ClH/c1-17(15,16)12-4-2-10(3-5-12)8-14-7-6-11(13)9-14;/h2-5,11H,6-9,13H2,1H3;1H/t11-;/m0./s1. The smallest absolute Gasteiger partial charge is 0.175 e. The second kappa shape index (κ2) is 6.02. The molecule has 1 aliphatic rings. The number of hydrogen-bond donors (Lipinski definition) is 1. The van der Waals surface area contributed by atoms with E-state index in [0.717, 1.165) is 31.6 Å². The van der Waals surface area contributed by atoms with Crippen molar-refractivity contribution in [3.8, 4) is 0 Å². The molecule has 6 heteroatoms. The van der Waals surface area contributed by atoms with E-state index >= 15 is 0 Å². The van der Waals surface area contributed by atoms with Crippen molar-refractivity contribution < 1.29 is 8.42 Å². The third kappa shape index (κ3) is 3.95. The highest BCUT2D eigenvalue weighted by atomic mass is 35.5. The lowest BCUT2D eigenvalue weighted by Gasteiger charge is -2.15. The molecule has 1 aromatic carbocycles. The van der Waals surface area contributed by atoms with Crippen LogP contribution in [-0.4, -0.2) is 38.7 Å². The second-order valence-corrected chi connectivity index (χ2v) is 6.72. The molecule has 0 bridgehead atoms. The largest absolute Gasteiger partial charge is 0.326 e. The van der Waals surface area contributed by atoms with Gasteiger partial charge in [0.1, 0.15) is 0 Å². The van der Waals surface area contributed by atoms with E-state index in [4.69, 9.17) is 5.73 Å². The molecule has 1 aliphatic heterocycles. The zero-order chi connectivity index (χ0) is 12.5. The fourth-order valence-electron chi connectivity index (χ4n) is 2.11. The topological polar surface area (TPSA) is 63.4 Å². The Morgan fingerprint density at radius 1 is 1.33 bits per heavy atom. The molecule has 1 fully saturated rings. The van der Waals surface area contributed by atoms with Crippen LogP contribution >= 0.6 is 12.4 Å². The maximum absolute atomic E-state index is 11.3. The minimum atomic E-state index is -3.09. The highest BCUT2D eigenvalue weighted by Crippen LogP contribution is 2.15. The minimum absolute atomic E-state index is 0. The van der Waals surface area contributed by atoms with E-state index in [2.05, 4.69) is 4.90 Å². The molecule has 1 aromatic rings. The molecule has 2 N–H and O–H groups in total. The number of benzene rings is 1. The molecular weight excluding hydrogens is 272 g/mol. The van der Waals surface area contributed by atoms with E-state index in [-0.39, 0.29) is 18.4 Å². The predicted octanol–water partition coefficient (Wildman–Crippen LogP) is 1.04. The monoisotopic (exact) mass is 290 g/mol. The summed E-state index contributed by atoms with van der Waals surface area (Å²) in [7, 11) is -3.09. The van der Waals surface area contributed by atoms with Crippen molar-refractivity contribution in [2.75, 3.05) is 19.3 Å². The van der Waals surface area contributed by atoms with Gasteiger partial charge in [-0.15, -0.1) is 12.4 Å². The Hall–Kier alpha value is -0.620. The Morgan fingerprint density at radius 3 is 2.39 bits per heavy atom. The van der Waals surface area contributed by atoms with E-state index in [1.165, 1.54) is 6.26 Å². The molecule has 0 amide bonds. The van der Waals surface area contributed by atoms with Crippen LogP contribution in [-0.2, 0) is 16.4 Å². The summed E-state index contributed by atoms with van der Waals surface area (Å²) in [4.78, 5) is 2.67. The number of nitrogens with two attached hydrogens (primary N) is 1. The first-order chi connectivity index (χ1) is 7.95. The Labute approximate surface area is 114 Å². The summed E-state index contributed by atoms with van der Waals surface area (Å²) in [6, 6.07) is 7.37. The summed E-state index contributed by atoms with van der Waals surface area (Å²) in [6.45, 7) is 2.79. The molecule has 1 atom stereocenters. The number of hydrogen-bond acceptors (Lipinski definition) is 4. The highest BCUT2D eigenvalue weighted by Gasteiger charge is 2.18. The van der Waals surface area contributed by atoms with Crippen LogP contribution in [0, 0.1) is 0 Å². The van der Waals surface area contributed by atoms with Crippen molar-refractivity contribution in [3.05, 3.63) is 29.8 Å². The molecule has 18 heavy (non-hydrogen) atoms. The Kier molecular flexibility index (Phi) is 5.16. The van der Waals surface area contributed by atoms with Crippen LogP contribution in [0.4, 0.5) is 0 Å². The first kappa shape index (κ1) is 15.4. The summed E-state index contributed by atoms with van der Waals surface area (Å²) < 4.78 is 22.6. The molecule has 0 aromatic heterocycles. The Bertz CT molecular complexity index is 487. The summed E-state index contributed by atoms with van der Waals surface area (Å²) in [6.07, 6.45) is 2.27. The van der Waals surface area contributed by atoms with Crippen molar-refractivity contribution in [1.82, 2.24) is 4.90 Å². The first-order valence-corrected chi connectivity index (χ1v) is 7.61. The lowest BCUT2D eigenvalue weighted by atomic mass is 10.2. The maximum atomic E-state index is 11.3. The van der Waals surface area contributed by atoms with E-state index in [9.17, 15) is 8.42 Å². The van der Waals surface area contributed by atoms with Gasteiger partial charge in [0.2, 0.25) is 0 Å². The van der Waals surface area contributed by atoms with E-state index < -0.39 is 9.84 Å². The normalized spacial score (nSPS) is 20.7. The molecule has 0 radical (unpaired) electrons. The van der Waals surface area contributed by atoms with Crippen LogP contribution in [0.1, 0.15) is 12.0 Å². The lowest BCUT2D eigenvalue weighted by Crippen LogP contribution is -2.26. The van der Waals surface area contributed by atoms with Gasteiger partial charge in [-0.25, -0.2) is 8.42 Å². The van der Waals surface area contributed by atoms with Crippen LogP contribution in [0.25, 0.3) is 0 Å². The molecule has 0 saturated carbocycles. The summed E-state index contributed by atoms with van der Waals surface area (Å²) >= 11 is 0. The average Bonchev–Trinajstić information content (AvgIpc) is 2.63. The zero-order valence-electron chi connectivity index (χ0n) is 10.4. The second-order valence-electron chi connectivity index (χ2n) is 4.70. The van der Waals surface area contributed by atoms with Crippen LogP contribution in [0.2, 0.25) is 0 Å². The summed E-state index contributed by atoms with van der Waals surface area (Å²) in [5, 5.41) is 0. The van der Waals surface area contributed by atoms with Crippen molar-refractivity contribution >= 4 is 22.2 Å². The minimum Gasteiger partial charge on any atom is -0.326 e. The summed E-state index contributed by atoms with van der Waals surface area (Å²) in [5.74, 6) is 0. The zero-order valence-corrected chi connectivity index (χ0v) is 12.0. The molecule has 0 aliphatic carbocycles. The Balaban J connectivity index is 0.00000162. The van der Waals surface area contributed by atoms with Crippen molar-refractivity contribution in [2.45, 2.75) is 23.9 Å². The van der Waals surface area contributed by atoms with Gasteiger partial charge < -0.3 is 5.73 Å². The van der Waals surface area contributed by atoms with Gasteiger partial charge in [-0.3, -0.25) is 4.90 Å². The van der Waals surface area contributed by atoms with Gasteiger partial charge in [0.25, 0.3) is 0 Å². The van der Waals surface area contributed by atoms with Gasteiger partial charge in [0, 0.05) is 31.9 Å². The predicted molar refractivity (Wildman–Crippen MR) is 74.7 cm³/mol. The van der Waals surface area contributed by atoms with Gasteiger partial charge in [0.05, 0.1) is 4.90 Å². The third-order valence-electron chi connectivity index (χ3n) is 3.07. The van der Waals surface area contributed by atoms with Gasteiger partial charge in [-0.2, -0.15) is 0 Å². The molecule has 1 heterocycles. The number of likely N-dealkylation sites (tertiary alicyclic amines) is 1. The Morgan fingerprint density at radius 2 is 1.94 bits per heavy atom. The fraction of sp³-hybridized carbons (Fsp3) is 0.500. The molecular formula is C12H19ClN2O2S. The van der Waals surface area contributed by atoms with Crippen LogP contribution in [0.5, 0.6) is 0 Å². The molecule has 0 unspecified atom stereocenters. The molecule has 1 saturated heterocycles. The van der Waals surface area contributed by atoms with E-state index in [1.54, 1.807) is 12.1 Å². The van der Waals surface area contributed by atoms with Crippen molar-refractivity contribution in [2.24, 2.45) is 5.73 Å². The van der Waals surface area contributed by atoms with Crippen LogP contribution in [0.15, 0.2) is 29.2 Å². The quantitative estimate of drug-likeness (QED) is 0.904. The fourth-order valence-corrected chi connectivity index (χ4v) is 2.74. The first-order valence-electron chi connectivity index (χ1n) is 5.72. The number of rotatable bonds is 3.